The first kappa shape index (κ1) is 37.4. The molecule has 0 amide bonds. The fraction of sp³-hybridized carbons (Fsp3) is 0.103. The number of pyridine rings is 1. The normalized spacial score (nSPS) is 15.9. The van der Waals surface area contributed by atoms with Gasteiger partial charge in [0.05, 0.1) is 38.4 Å². The number of ether oxygens (including phenoxy) is 1. The van der Waals surface area contributed by atoms with Crippen molar-refractivity contribution in [2.75, 3.05) is 0 Å². The van der Waals surface area contributed by atoms with E-state index in [0.29, 0.717) is 78.6 Å². The lowest BCUT2D eigenvalue weighted by atomic mass is 9.78. The number of rotatable bonds is 10. The van der Waals surface area contributed by atoms with E-state index in [2.05, 4.69) is 64.7 Å². The van der Waals surface area contributed by atoms with Gasteiger partial charge in [0, 0.05) is 49.9 Å². The number of fused-ring (bicyclic) bond motifs is 10. The number of benzene rings is 12. The van der Waals surface area contributed by atoms with Crippen LogP contribution in [0.5, 0.6) is 11.5 Å². The molecule has 0 spiro atoms. The van der Waals surface area contributed by atoms with Crippen LogP contribution in [0.2, 0.25) is 0 Å². The smallest absolute Gasteiger partial charge is 0.255 e. The lowest BCUT2D eigenvalue weighted by Crippen LogP contribution is -2.74. The molecule has 0 saturated heterocycles. The highest BCUT2D eigenvalue weighted by Gasteiger charge is 2.43. The summed E-state index contributed by atoms with van der Waals surface area (Å²) in [6.45, 7) is 10.3. The Morgan fingerprint density at radius 3 is 1.70 bits per heavy atom. The van der Waals surface area contributed by atoms with Gasteiger partial charge < -0.3 is 4.74 Å². The highest BCUT2D eigenvalue weighted by atomic mass is 28.3. The van der Waals surface area contributed by atoms with Crippen molar-refractivity contribution < 1.29 is 40.8 Å². The van der Waals surface area contributed by atoms with Gasteiger partial charge in [0.25, 0.3) is 6.33 Å². The van der Waals surface area contributed by atoms with E-state index in [-0.39, 0.29) is 27.4 Å². The molecule has 0 atom stereocenters. The number of imidazole rings is 1. The molecule has 448 valence electrons. The van der Waals surface area contributed by atoms with Crippen LogP contribution in [0.1, 0.15) is 89.8 Å². The van der Waals surface area contributed by atoms with Crippen LogP contribution in [0.4, 0.5) is 0 Å². The number of nitrogens with zero attached hydrogens (tertiary/aromatic N) is 4. The Kier molecular flexibility index (Phi) is 9.04. The molecule has 0 aliphatic carbocycles. The van der Waals surface area contributed by atoms with Gasteiger partial charge in [-0.3, -0.25) is 4.57 Å². The van der Waals surface area contributed by atoms with E-state index < -0.39 is 162 Å². The van der Waals surface area contributed by atoms with Crippen LogP contribution >= 0.6 is 0 Å². The van der Waals surface area contributed by atoms with Gasteiger partial charge in [-0.1, -0.05) is 266 Å². The average Bonchev–Trinajstić information content (AvgIpc) is 0.769. The van der Waals surface area contributed by atoms with E-state index in [1.807, 2.05) is 111 Å². The largest absolute Gasteiger partial charge is 0.457 e. The summed E-state index contributed by atoms with van der Waals surface area (Å²) in [5, 5.41) is -0.419. The Balaban J connectivity index is 1.07. The maximum atomic E-state index is 10.1. The Morgan fingerprint density at radius 1 is 0.430 bits per heavy atom. The molecule has 0 unspecified atom stereocenters. The zero-order valence-corrected chi connectivity index (χ0v) is 52.5. The van der Waals surface area contributed by atoms with Gasteiger partial charge in [0.2, 0.25) is 0 Å². The molecular formula is C87H71N4OSi+. The zero-order valence-electron chi connectivity index (χ0n) is 74.5. The average molecular weight is 1240 g/mol. The molecule has 0 N–H and O–H groups in total. The topological polar surface area (TPSA) is 35.9 Å². The fourth-order valence-corrected chi connectivity index (χ4v) is 17.1. The number of aryl methyl sites for hydroxylation is 1. The minimum atomic E-state index is -5.80. The zero-order chi connectivity index (χ0) is 83.1. The highest BCUT2D eigenvalue weighted by molar-refractivity contribution is 7.20. The number of aromatic nitrogens is 4. The molecule has 1 aliphatic rings. The van der Waals surface area contributed by atoms with Crippen molar-refractivity contribution in [3.05, 3.63) is 320 Å². The molecule has 16 rings (SSSR count). The van der Waals surface area contributed by atoms with Crippen molar-refractivity contribution in [2.45, 2.75) is 59.2 Å². The molecule has 0 saturated carbocycles. The van der Waals surface area contributed by atoms with E-state index in [9.17, 15) is 19.2 Å². The first-order valence-corrected chi connectivity index (χ1v) is 32.5. The van der Waals surface area contributed by atoms with Gasteiger partial charge in [0.1, 0.15) is 28.7 Å². The first-order valence-electron chi connectivity index (χ1n) is 42.0. The summed E-state index contributed by atoms with van der Waals surface area (Å²) < 4.78 is 227. The molecule has 15 aromatic rings. The van der Waals surface area contributed by atoms with Gasteiger partial charge in [0.15, 0.2) is 19.1 Å². The number of hydrogen-bond donors (Lipinski definition) is 0. The van der Waals surface area contributed by atoms with Crippen molar-refractivity contribution in [1.29, 1.82) is 0 Å². The SMILES string of the molecule is [2H]c1c([2H])c([2H])c(-c2cc3c4c(c2)n(-c2cccc(Oc5ccc6c7ccccc7n(-c7cc(C([2H])([2H])[2H])ccn7)c6c5)c2)c[n+]4-c2c(-c4cc(C(C)(C)C)cc(C(C)(C)C)c4)cccc2-c2cc([Si](c4c([2H])c([2H])c([2H])c([2H])c4[2H])(c4c([2H])c([2H])c([2H])c([2H])c4[2H])c4c([2H])c([2H])c([2H])c([2H])c4[2H])ccc2-c2ccccc2-3)c([2H])c1[2H]. The summed E-state index contributed by atoms with van der Waals surface area (Å²) in [6, 6.07) is 35.0. The predicted octanol–water partition coefficient (Wildman–Crippen LogP) is 19.1. The standard InChI is InChI=1S/C87H71N4OSi/c1-58-46-47-88-83(48-58)91-80-41-23-22-38-75(80)76-44-42-66(55-81(76)91)92-65-29-24-28-64(54-65)89-57-90-84-71(61-49-62(86(2,3)4)53-63(50-61)87(5,6)7)39-25-40-77(84)78-56-70(93(67-30-14-9-15-31-67,68-32-16-10-17-33-68)69-34-18-11-19-35-69)43-45-74(78)72-36-20-21-37-73(72)79-51-60(52-82(89)85(79)90)59-26-12-8-13-27-59/h8-57H,1-7H3/q+1/i1D3,8D,9D,10D,11D,12D,13D,14D,15D,16D,17D,18D,19D,26D,27D,30D,31D,32D,33D,34D,35D. The van der Waals surface area contributed by atoms with Crippen molar-refractivity contribution in [3.8, 4) is 84.3 Å². The van der Waals surface area contributed by atoms with Crippen LogP contribution in [-0.2, 0) is 10.8 Å². The molecule has 12 aromatic carbocycles. The second kappa shape index (κ2) is 22.5. The van der Waals surface area contributed by atoms with Crippen LogP contribution in [-0.4, -0.2) is 22.2 Å². The van der Waals surface area contributed by atoms with Gasteiger partial charge in [-0.25, -0.2) is 4.98 Å². The molecule has 93 heavy (non-hydrogen) atoms. The Hall–Kier alpha value is -10.9. The summed E-state index contributed by atoms with van der Waals surface area (Å²) in [4.78, 5) is 4.67. The van der Waals surface area contributed by atoms with E-state index >= 15 is 0 Å². The van der Waals surface area contributed by atoms with Crippen LogP contribution in [0.3, 0.4) is 0 Å². The van der Waals surface area contributed by atoms with E-state index in [1.54, 1.807) is 48.5 Å². The third kappa shape index (κ3) is 9.83. The fourth-order valence-electron chi connectivity index (χ4n) is 13.3. The molecule has 3 aromatic heterocycles. The van der Waals surface area contributed by atoms with Crippen molar-refractivity contribution in [2.24, 2.45) is 0 Å². The molecule has 0 fully saturated rings. The number of hydrogen-bond acceptors (Lipinski definition) is 2. The van der Waals surface area contributed by atoms with Gasteiger partial charge in [-0.2, -0.15) is 9.13 Å². The van der Waals surface area contributed by atoms with Crippen molar-refractivity contribution in [1.82, 2.24) is 14.1 Å². The third-order valence-corrected chi connectivity index (χ3v) is 21.9. The quantitative estimate of drug-likeness (QED) is 0.0777. The molecule has 4 heterocycles. The van der Waals surface area contributed by atoms with Crippen LogP contribution in [0, 0.1) is 6.85 Å². The third-order valence-electron chi connectivity index (χ3n) is 17.7. The molecular weight excluding hydrogens is 1150 g/mol. The Bertz CT molecular complexity index is 6480. The molecule has 0 bridgehead atoms. The van der Waals surface area contributed by atoms with Crippen LogP contribution in [0.25, 0.3) is 106 Å². The summed E-state index contributed by atoms with van der Waals surface area (Å²) in [5.74, 6) is 1.11. The second-order valence-corrected chi connectivity index (χ2v) is 28.9. The van der Waals surface area contributed by atoms with E-state index in [4.69, 9.17) is 17.1 Å². The van der Waals surface area contributed by atoms with Crippen molar-refractivity contribution in [3.63, 3.8) is 0 Å². The lowest BCUT2D eigenvalue weighted by Gasteiger charge is -2.35. The monoisotopic (exact) mass is 1240 g/mol. The molecule has 6 heteroatoms. The van der Waals surface area contributed by atoms with E-state index in [0.717, 1.165) is 33.0 Å². The minimum absolute atomic E-state index is 0.104. The predicted molar refractivity (Wildman–Crippen MR) is 390 cm³/mol. The highest BCUT2D eigenvalue weighted by Crippen LogP contribution is 2.48. The maximum absolute atomic E-state index is 10.1. The Morgan fingerprint density at radius 2 is 1.02 bits per heavy atom. The van der Waals surface area contributed by atoms with Gasteiger partial charge >= 0.3 is 0 Å². The first-order chi connectivity index (χ1) is 54.8. The summed E-state index contributed by atoms with van der Waals surface area (Å²) >= 11 is 0. The molecule has 5 nitrogen and oxygen atoms in total. The van der Waals surface area contributed by atoms with Gasteiger partial charge in [-0.15, -0.1) is 0 Å². The van der Waals surface area contributed by atoms with Crippen LogP contribution < -0.4 is 30.1 Å². The van der Waals surface area contributed by atoms with Crippen molar-refractivity contribution >= 4 is 61.7 Å². The van der Waals surface area contributed by atoms with E-state index in [1.165, 1.54) is 18.3 Å². The number of para-hydroxylation sites is 2. The molecule has 1 aliphatic heterocycles. The second-order valence-electron chi connectivity index (χ2n) is 25.3. The summed E-state index contributed by atoms with van der Waals surface area (Å²) in [5.41, 5.74) is 8.45. The molecule has 0 radical (unpaired) electrons. The Labute approximate surface area is 578 Å². The maximum Gasteiger partial charge on any atom is 0.255 e. The van der Waals surface area contributed by atoms with Crippen LogP contribution in [0.15, 0.2) is 303 Å². The minimum Gasteiger partial charge on any atom is -0.457 e. The summed E-state index contributed by atoms with van der Waals surface area (Å²) in [6.07, 6.45) is 3.34. The van der Waals surface area contributed by atoms with Gasteiger partial charge in [-0.05, 0) is 149 Å². The summed E-state index contributed by atoms with van der Waals surface area (Å²) in [7, 11) is -5.80. The lowest BCUT2D eigenvalue weighted by molar-refractivity contribution is -0.566.